The van der Waals surface area contributed by atoms with E-state index in [1.807, 2.05) is 0 Å². The van der Waals surface area contributed by atoms with Gasteiger partial charge in [0.05, 0.1) is 6.61 Å². The molecular formula is C10H20N2O. The van der Waals surface area contributed by atoms with Crippen LogP contribution in [0.5, 0.6) is 0 Å². The summed E-state index contributed by atoms with van der Waals surface area (Å²) in [6, 6.07) is 0.544. The van der Waals surface area contributed by atoms with Crippen molar-refractivity contribution in [1.82, 2.24) is 10.6 Å². The van der Waals surface area contributed by atoms with Gasteiger partial charge in [0.1, 0.15) is 6.23 Å². The molecule has 0 aromatic heterocycles. The molecule has 0 aromatic carbocycles. The molecule has 3 nitrogen and oxygen atoms in total. The highest BCUT2D eigenvalue weighted by atomic mass is 16.5. The Morgan fingerprint density at radius 2 is 1.85 bits per heavy atom. The van der Waals surface area contributed by atoms with Crippen LogP contribution in [0, 0.1) is 0 Å². The van der Waals surface area contributed by atoms with Crippen molar-refractivity contribution in [3.8, 4) is 0 Å². The second-order valence-corrected chi connectivity index (χ2v) is 4.01. The highest BCUT2D eigenvalue weighted by Crippen LogP contribution is 2.13. The molecule has 0 aromatic rings. The molecule has 2 fully saturated rings. The van der Waals surface area contributed by atoms with Crippen molar-refractivity contribution in [2.75, 3.05) is 19.7 Å². The molecule has 0 radical (unpaired) electrons. The summed E-state index contributed by atoms with van der Waals surface area (Å²) in [6.07, 6.45) is 6.99. The SMILES string of the molecule is C1CCCC(C2NCCO2)NCC1. The summed E-state index contributed by atoms with van der Waals surface area (Å²) in [5.74, 6) is 0. The number of nitrogens with one attached hydrogen (secondary N) is 2. The molecule has 0 saturated carbocycles. The molecule has 2 unspecified atom stereocenters. The van der Waals surface area contributed by atoms with Crippen LogP contribution < -0.4 is 10.6 Å². The number of hydrogen-bond acceptors (Lipinski definition) is 3. The van der Waals surface area contributed by atoms with E-state index in [2.05, 4.69) is 10.6 Å². The smallest absolute Gasteiger partial charge is 0.123 e. The van der Waals surface area contributed by atoms with Crippen molar-refractivity contribution >= 4 is 0 Å². The standard InChI is InChI=1S/C10H20N2O/c1-2-4-6-11-9(5-3-1)10-12-7-8-13-10/h9-12H,1-8H2. The van der Waals surface area contributed by atoms with Crippen LogP contribution >= 0.6 is 0 Å². The first-order chi connectivity index (χ1) is 6.47. The molecule has 0 aliphatic carbocycles. The Kier molecular flexibility index (Phi) is 3.58. The third kappa shape index (κ3) is 2.66. The minimum atomic E-state index is 0.276. The molecule has 76 valence electrons. The molecular weight excluding hydrogens is 164 g/mol. The highest BCUT2D eigenvalue weighted by Gasteiger charge is 2.24. The van der Waals surface area contributed by atoms with Crippen LogP contribution in [0.4, 0.5) is 0 Å². The summed E-state index contributed by atoms with van der Waals surface area (Å²) in [4.78, 5) is 0. The lowest BCUT2D eigenvalue weighted by atomic mass is 10.0. The lowest BCUT2D eigenvalue weighted by Crippen LogP contribution is -2.46. The van der Waals surface area contributed by atoms with Gasteiger partial charge in [0.2, 0.25) is 0 Å². The molecule has 0 amide bonds. The van der Waals surface area contributed by atoms with E-state index in [-0.39, 0.29) is 6.23 Å². The van der Waals surface area contributed by atoms with Gasteiger partial charge in [-0.25, -0.2) is 0 Å². The third-order valence-electron chi connectivity index (χ3n) is 2.96. The summed E-state index contributed by atoms with van der Waals surface area (Å²) in [5, 5.41) is 6.97. The molecule has 0 bridgehead atoms. The highest BCUT2D eigenvalue weighted by molar-refractivity contribution is 4.79. The Balaban J connectivity index is 1.80. The predicted molar refractivity (Wildman–Crippen MR) is 52.6 cm³/mol. The van der Waals surface area contributed by atoms with Crippen molar-refractivity contribution in [1.29, 1.82) is 0 Å². The summed E-state index contributed by atoms with van der Waals surface area (Å²) in [5.41, 5.74) is 0. The Morgan fingerprint density at radius 1 is 0.923 bits per heavy atom. The van der Waals surface area contributed by atoms with Crippen molar-refractivity contribution in [3.05, 3.63) is 0 Å². The lowest BCUT2D eigenvalue weighted by Gasteiger charge is -2.26. The Labute approximate surface area is 80.2 Å². The normalized spacial score (nSPS) is 36.9. The van der Waals surface area contributed by atoms with Gasteiger partial charge in [0.15, 0.2) is 0 Å². The fourth-order valence-electron chi connectivity index (χ4n) is 2.20. The van der Waals surface area contributed by atoms with Crippen LogP contribution in [-0.2, 0) is 4.74 Å². The molecule has 2 aliphatic rings. The zero-order valence-electron chi connectivity index (χ0n) is 8.22. The molecule has 2 N–H and O–H groups in total. The maximum atomic E-state index is 5.62. The summed E-state index contributed by atoms with van der Waals surface area (Å²) in [7, 11) is 0. The summed E-state index contributed by atoms with van der Waals surface area (Å²) < 4.78 is 5.62. The van der Waals surface area contributed by atoms with Gasteiger partial charge in [0, 0.05) is 12.6 Å². The van der Waals surface area contributed by atoms with Crippen LogP contribution in [0.3, 0.4) is 0 Å². The first-order valence-corrected chi connectivity index (χ1v) is 5.55. The molecule has 2 atom stereocenters. The zero-order valence-corrected chi connectivity index (χ0v) is 8.22. The Hall–Kier alpha value is -0.120. The van der Waals surface area contributed by atoms with Crippen LogP contribution in [0.2, 0.25) is 0 Å². The van der Waals surface area contributed by atoms with Gasteiger partial charge in [-0.05, 0) is 19.4 Å². The van der Waals surface area contributed by atoms with E-state index in [1.54, 1.807) is 0 Å². The fraction of sp³-hybridized carbons (Fsp3) is 1.00. The van der Waals surface area contributed by atoms with Gasteiger partial charge in [-0.15, -0.1) is 0 Å². The monoisotopic (exact) mass is 184 g/mol. The number of hydrogen-bond donors (Lipinski definition) is 2. The quantitative estimate of drug-likeness (QED) is 0.634. The maximum absolute atomic E-state index is 5.62. The first-order valence-electron chi connectivity index (χ1n) is 5.55. The molecule has 2 aliphatic heterocycles. The minimum Gasteiger partial charge on any atom is -0.360 e. The lowest BCUT2D eigenvalue weighted by molar-refractivity contribution is 0.0627. The maximum Gasteiger partial charge on any atom is 0.123 e. The van der Waals surface area contributed by atoms with Gasteiger partial charge in [-0.2, -0.15) is 0 Å². The summed E-state index contributed by atoms with van der Waals surface area (Å²) >= 11 is 0. The van der Waals surface area contributed by atoms with Crippen LogP contribution in [-0.4, -0.2) is 32.0 Å². The van der Waals surface area contributed by atoms with E-state index in [0.717, 1.165) is 19.7 Å². The van der Waals surface area contributed by atoms with Crippen LogP contribution in [0.15, 0.2) is 0 Å². The van der Waals surface area contributed by atoms with Gasteiger partial charge in [-0.1, -0.05) is 19.3 Å². The molecule has 2 rings (SSSR count). The second-order valence-electron chi connectivity index (χ2n) is 4.01. The number of rotatable bonds is 1. The first kappa shape index (κ1) is 9.44. The average Bonchev–Trinajstić information content (AvgIpc) is 2.55. The minimum absolute atomic E-state index is 0.276. The van der Waals surface area contributed by atoms with E-state index in [0.29, 0.717) is 6.04 Å². The van der Waals surface area contributed by atoms with Crippen LogP contribution in [0.25, 0.3) is 0 Å². The van der Waals surface area contributed by atoms with E-state index in [9.17, 15) is 0 Å². The van der Waals surface area contributed by atoms with Crippen molar-refractivity contribution in [2.24, 2.45) is 0 Å². The fourth-order valence-corrected chi connectivity index (χ4v) is 2.20. The molecule has 3 heteroatoms. The average molecular weight is 184 g/mol. The second kappa shape index (κ2) is 4.94. The van der Waals surface area contributed by atoms with Crippen LogP contribution in [0.1, 0.15) is 32.1 Å². The van der Waals surface area contributed by atoms with E-state index >= 15 is 0 Å². The molecule has 2 heterocycles. The molecule has 2 saturated heterocycles. The topological polar surface area (TPSA) is 33.3 Å². The molecule has 13 heavy (non-hydrogen) atoms. The largest absolute Gasteiger partial charge is 0.360 e. The Morgan fingerprint density at radius 3 is 2.69 bits per heavy atom. The van der Waals surface area contributed by atoms with Gasteiger partial charge in [0.25, 0.3) is 0 Å². The number of ether oxygens (including phenoxy) is 1. The Bertz CT molecular complexity index is 138. The van der Waals surface area contributed by atoms with Gasteiger partial charge < -0.3 is 10.1 Å². The van der Waals surface area contributed by atoms with Crippen molar-refractivity contribution in [2.45, 2.75) is 44.4 Å². The zero-order chi connectivity index (χ0) is 8.93. The van der Waals surface area contributed by atoms with E-state index in [1.165, 1.54) is 32.1 Å². The van der Waals surface area contributed by atoms with Crippen molar-refractivity contribution in [3.63, 3.8) is 0 Å². The van der Waals surface area contributed by atoms with E-state index < -0.39 is 0 Å². The summed E-state index contributed by atoms with van der Waals surface area (Å²) in [6.45, 7) is 3.05. The van der Waals surface area contributed by atoms with Gasteiger partial charge in [-0.3, -0.25) is 5.32 Å². The molecule has 0 spiro atoms. The predicted octanol–water partition coefficient (Wildman–Crippen LogP) is 0.855. The van der Waals surface area contributed by atoms with Gasteiger partial charge >= 0.3 is 0 Å². The van der Waals surface area contributed by atoms with E-state index in [4.69, 9.17) is 4.74 Å². The van der Waals surface area contributed by atoms with Crippen molar-refractivity contribution < 1.29 is 4.74 Å². The third-order valence-corrected chi connectivity index (χ3v) is 2.96.